The van der Waals surface area contributed by atoms with Crippen LogP contribution in [-0.4, -0.2) is 50.6 Å². The first-order chi connectivity index (χ1) is 57.0. The van der Waals surface area contributed by atoms with Crippen LogP contribution in [0.25, 0.3) is 154 Å². The molecule has 0 saturated carbocycles. The molecule has 0 bridgehead atoms. The zero-order valence-electron chi connectivity index (χ0n) is 68.4. The summed E-state index contributed by atoms with van der Waals surface area (Å²) in [6.45, 7) is 23.1. The molecule has 0 radical (unpaired) electrons. The van der Waals surface area contributed by atoms with Crippen molar-refractivity contribution < 1.29 is 44.4 Å². The molecule has 0 N–H and O–H groups in total. The van der Waals surface area contributed by atoms with Crippen LogP contribution in [0, 0.1) is 20.8 Å². The van der Waals surface area contributed by atoms with Gasteiger partial charge in [-0.3, -0.25) is 0 Å². The number of rotatable bonds is 12. The molecule has 119 heavy (non-hydrogen) atoms. The van der Waals surface area contributed by atoms with Gasteiger partial charge in [-0.1, -0.05) is 285 Å². The van der Waals surface area contributed by atoms with E-state index in [9.17, 15) is 21.6 Å². The van der Waals surface area contributed by atoms with Crippen LogP contribution in [0.15, 0.2) is 340 Å². The lowest BCUT2D eigenvalue weighted by Crippen LogP contribution is -2.41. The number of alkyl halides is 3. The Morgan fingerprint density at radius 2 is 0.496 bits per heavy atom. The lowest BCUT2D eigenvalue weighted by Gasteiger charge is -2.32. The van der Waals surface area contributed by atoms with Crippen molar-refractivity contribution in [2.75, 3.05) is 0 Å². The minimum absolute atomic E-state index is 0.387. The second-order valence-electron chi connectivity index (χ2n) is 33.3. The van der Waals surface area contributed by atoms with E-state index in [0.717, 1.165) is 33.2 Å². The van der Waals surface area contributed by atoms with Crippen LogP contribution in [0.4, 0.5) is 13.2 Å². The molecule has 0 spiro atoms. The predicted molar refractivity (Wildman–Crippen MR) is 489 cm³/mol. The van der Waals surface area contributed by atoms with Crippen molar-refractivity contribution in [3.8, 4) is 94.8 Å². The highest BCUT2D eigenvalue weighted by molar-refractivity contribution is 7.88. The van der Waals surface area contributed by atoms with E-state index in [-0.39, 0.29) is 22.4 Å². The van der Waals surface area contributed by atoms with Gasteiger partial charge in [-0.2, -0.15) is 21.6 Å². The number of aryl methyl sites for hydroxylation is 3. The molecule has 2 aliphatic rings. The number of fused-ring (bicyclic) bond motifs is 12. The fourth-order valence-electron chi connectivity index (χ4n) is 16.4. The third-order valence-corrected chi connectivity index (χ3v) is 25.4. The molecule has 2 heterocycles. The van der Waals surface area contributed by atoms with E-state index in [1.165, 1.54) is 161 Å². The molecule has 19 rings (SSSR count). The van der Waals surface area contributed by atoms with Gasteiger partial charge in [0.15, 0.2) is 0 Å². The van der Waals surface area contributed by atoms with Gasteiger partial charge in [0.25, 0.3) is 0 Å². The molecule has 0 amide bonds. The average molecular weight is 1590 g/mol. The van der Waals surface area contributed by atoms with Gasteiger partial charge in [-0.15, -0.1) is 0 Å². The van der Waals surface area contributed by atoms with Crippen LogP contribution in [0.1, 0.15) is 72.1 Å². The highest BCUT2D eigenvalue weighted by atomic mass is 32.2. The molecule has 17 aromatic carbocycles. The molecular formula is C106H89B2F3O7S. The summed E-state index contributed by atoms with van der Waals surface area (Å²) in [5.41, 5.74) is 16.7. The summed E-state index contributed by atoms with van der Waals surface area (Å²) >= 11 is 0. The molecule has 0 unspecified atom stereocenters. The molecule has 13 heteroatoms. The number of hydrogen-bond donors (Lipinski definition) is 0. The van der Waals surface area contributed by atoms with E-state index in [2.05, 4.69) is 340 Å². The summed E-state index contributed by atoms with van der Waals surface area (Å²) in [5.74, 6) is -0.397. The van der Waals surface area contributed by atoms with Gasteiger partial charge in [0.2, 0.25) is 0 Å². The topological polar surface area (TPSA) is 80.3 Å². The zero-order valence-corrected chi connectivity index (χ0v) is 69.2. The van der Waals surface area contributed by atoms with Crippen LogP contribution in [0.3, 0.4) is 0 Å². The maximum atomic E-state index is 12.5. The molecule has 588 valence electrons. The smallest absolute Gasteiger partial charge is 0.399 e. The summed E-state index contributed by atoms with van der Waals surface area (Å²) in [7, 11) is -6.53. The lowest BCUT2D eigenvalue weighted by atomic mass is 9.75. The lowest BCUT2D eigenvalue weighted by molar-refractivity contribution is -0.0500. The van der Waals surface area contributed by atoms with Gasteiger partial charge >= 0.3 is 29.9 Å². The fourth-order valence-corrected chi connectivity index (χ4v) is 16.9. The minimum Gasteiger partial charge on any atom is -0.399 e. The molecule has 2 saturated heterocycles. The molecule has 0 aliphatic carbocycles. The second-order valence-corrected chi connectivity index (χ2v) is 34.8. The quantitative estimate of drug-likeness (QED) is 0.0522. The van der Waals surface area contributed by atoms with E-state index < -0.39 is 35.6 Å². The SMILES string of the molecule is CC1(C)OB(c2ccc3c4ccccc4c4ccc(B5OC(C)(C)C(C)(C)O5)cc4c3c2)OC1(C)C.Cc1ccc(-c2cccc(-c3ccc4c5ccccc5c5ccc(-c6cccc(-c7ccc(C)c(-c8ccccc8)c7)c6)cc5c4c3)c2)cc1-c1ccccc1.Cc1ccc(-c2cccc(OS(=O)(=O)C(F)(F)F)c2)cc1-c1ccccc1. The molecule has 7 nitrogen and oxygen atoms in total. The Bertz CT molecular complexity index is 6550. The number of benzene rings is 17. The normalized spacial score (nSPS) is 14.8. The minimum atomic E-state index is -5.71. The van der Waals surface area contributed by atoms with Gasteiger partial charge in [0.1, 0.15) is 5.75 Å². The molecule has 2 aliphatic heterocycles. The summed E-state index contributed by atoms with van der Waals surface area (Å²) in [6.07, 6.45) is 0. The summed E-state index contributed by atoms with van der Waals surface area (Å²) < 4.78 is 89.7. The fraction of sp³-hybridized carbons (Fsp3) is 0.151. The predicted octanol–water partition coefficient (Wildman–Crippen LogP) is 27.1. The van der Waals surface area contributed by atoms with Crippen LogP contribution in [-0.2, 0) is 28.7 Å². The van der Waals surface area contributed by atoms with Gasteiger partial charge in [0, 0.05) is 0 Å². The maximum absolute atomic E-state index is 12.5. The third kappa shape index (κ3) is 15.5. The van der Waals surface area contributed by atoms with Crippen LogP contribution in [0.2, 0.25) is 0 Å². The van der Waals surface area contributed by atoms with E-state index >= 15 is 0 Å². The van der Waals surface area contributed by atoms with Crippen molar-refractivity contribution in [3.63, 3.8) is 0 Å². The first kappa shape index (κ1) is 79.3. The van der Waals surface area contributed by atoms with Gasteiger partial charge < -0.3 is 22.8 Å². The van der Waals surface area contributed by atoms with Crippen molar-refractivity contribution in [2.45, 2.75) is 104 Å². The Labute approximate surface area is 695 Å². The van der Waals surface area contributed by atoms with Gasteiger partial charge in [0.05, 0.1) is 22.4 Å². The zero-order chi connectivity index (χ0) is 82.9. The molecule has 17 aromatic rings. The van der Waals surface area contributed by atoms with Gasteiger partial charge in [-0.25, -0.2) is 0 Å². The molecule has 0 aromatic heterocycles. The first-order valence-electron chi connectivity index (χ1n) is 40.3. The highest BCUT2D eigenvalue weighted by Crippen LogP contribution is 2.45. The Hall–Kier alpha value is -12.2. The van der Waals surface area contributed by atoms with E-state index in [1.807, 2.05) is 55.5 Å². The second kappa shape index (κ2) is 31.3. The number of halogens is 3. The monoisotopic (exact) mass is 1580 g/mol. The van der Waals surface area contributed by atoms with Gasteiger partial charge in [-0.05, 0) is 312 Å². The number of hydrogen-bond acceptors (Lipinski definition) is 7. The Kier molecular flexibility index (Phi) is 20.8. The van der Waals surface area contributed by atoms with E-state index in [1.54, 1.807) is 6.07 Å². The molecular weight excluding hydrogens is 1500 g/mol. The van der Waals surface area contributed by atoms with Crippen molar-refractivity contribution in [1.82, 2.24) is 0 Å². The van der Waals surface area contributed by atoms with Crippen molar-refractivity contribution in [1.29, 1.82) is 0 Å². The molecule has 2 fully saturated rings. The van der Waals surface area contributed by atoms with E-state index in [0.29, 0.717) is 5.56 Å². The summed E-state index contributed by atoms with van der Waals surface area (Å²) in [4.78, 5) is 0. The van der Waals surface area contributed by atoms with Crippen LogP contribution >= 0.6 is 0 Å². The van der Waals surface area contributed by atoms with Crippen molar-refractivity contribution in [2.24, 2.45) is 0 Å². The Morgan fingerprint density at radius 3 is 0.815 bits per heavy atom. The molecule has 0 atom stereocenters. The Balaban J connectivity index is 0.000000138. The largest absolute Gasteiger partial charge is 0.534 e. The van der Waals surface area contributed by atoms with E-state index in [4.69, 9.17) is 18.6 Å². The van der Waals surface area contributed by atoms with Crippen molar-refractivity contribution >= 4 is 99.9 Å². The highest BCUT2D eigenvalue weighted by Gasteiger charge is 2.53. The maximum Gasteiger partial charge on any atom is 0.534 e. The van der Waals surface area contributed by atoms with Crippen molar-refractivity contribution in [3.05, 3.63) is 356 Å². The van der Waals surface area contributed by atoms with Crippen LogP contribution in [0.5, 0.6) is 5.75 Å². The van der Waals surface area contributed by atoms with Crippen LogP contribution < -0.4 is 15.1 Å². The summed E-state index contributed by atoms with van der Waals surface area (Å²) in [5, 5.41) is 14.9. The summed E-state index contributed by atoms with van der Waals surface area (Å²) in [6, 6.07) is 119. The first-order valence-corrected chi connectivity index (χ1v) is 41.7. The average Bonchev–Trinajstić information content (AvgIpc) is 1.62. The standard InChI is InChI=1S/C56H40.C30H34B2O4.C20H15F3O3S/c1-37-23-25-45(33-53(37)39-13-5-3-6-14-39)41-17-11-19-43(31-41)47-27-29-51-49-21-9-10-22-50(49)52-30-28-48(36-56(52)55(51)35-47)44-20-12-18-42(32-44)46-26-24-38(2)54(34-46)40-15-7-4-8-16-40;1-27(2)28(3,4)34-31(33-27)19-13-15-23-21-11-9-10-12-22(21)24-16-14-20(18-26(24)25(23)17-19)32-35-29(5,6)30(7,8)36-32;1-14-10-11-17(13-19(14)15-6-3-2-4-7-15)16-8-5-9-18(12-16)26-27(24,25)20(21,22)23/h3-36H,1-2H3;9-18H,1-8H3;2-13H,1H3. The third-order valence-electron chi connectivity index (χ3n) is 24.5. The Morgan fingerprint density at radius 1 is 0.252 bits per heavy atom.